The first kappa shape index (κ1) is 12.3. The number of fused-ring (bicyclic) bond motifs is 1. The van der Waals surface area contributed by atoms with Crippen molar-refractivity contribution in [2.24, 2.45) is 5.41 Å². The maximum Gasteiger partial charge on any atom is 0.0346 e. The van der Waals surface area contributed by atoms with Crippen molar-refractivity contribution in [1.82, 2.24) is 4.98 Å². The largest absolute Gasteiger partial charge is 0.264 e. The van der Waals surface area contributed by atoms with Gasteiger partial charge in [0.1, 0.15) is 0 Å². The summed E-state index contributed by atoms with van der Waals surface area (Å²) in [5.41, 5.74) is 4.77. The second kappa shape index (κ2) is 3.97. The van der Waals surface area contributed by atoms with Gasteiger partial charge in [0.15, 0.2) is 0 Å². The summed E-state index contributed by atoms with van der Waals surface area (Å²) < 4.78 is 0. The number of hydrogen-bond acceptors (Lipinski definition) is 1. The van der Waals surface area contributed by atoms with E-state index in [0.29, 0.717) is 0 Å². The van der Waals surface area contributed by atoms with Gasteiger partial charge in [-0.2, -0.15) is 0 Å². The summed E-state index contributed by atoms with van der Waals surface area (Å²) in [6, 6.07) is 2.21. The average molecular weight is 229 g/mol. The van der Waals surface area contributed by atoms with Crippen molar-refractivity contribution in [1.29, 1.82) is 0 Å². The molecule has 1 heterocycles. The van der Waals surface area contributed by atoms with Gasteiger partial charge in [0, 0.05) is 12.4 Å². The minimum absolute atomic E-state index is 0.201. The Balaban J connectivity index is 2.60. The first-order valence-corrected chi connectivity index (χ1v) is 6.54. The fourth-order valence-corrected chi connectivity index (χ4v) is 2.73. The molecule has 2 rings (SSSR count). The molecule has 0 saturated carbocycles. The van der Waals surface area contributed by atoms with Gasteiger partial charge < -0.3 is 0 Å². The van der Waals surface area contributed by atoms with Crippen LogP contribution in [0.1, 0.15) is 58.6 Å². The Morgan fingerprint density at radius 2 is 2.06 bits per heavy atom. The second-order valence-corrected chi connectivity index (χ2v) is 6.41. The van der Waals surface area contributed by atoms with Crippen molar-refractivity contribution < 1.29 is 0 Å². The molecular weight excluding hydrogens is 206 g/mol. The Morgan fingerprint density at radius 3 is 2.65 bits per heavy atom. The number of rotatable bonds is 1. The quantitative estimate of drug-likeness (QED) is 0.686. The molecule has 1 aromatic heterocycles. The smallest absolute Gasteiger partial charge is 0.0346 e. The highest BCUT2D eigenvalue weighted by atomic mass is 14.6. The van der Waals surface area contributed by atoms with Gasteiger partial charge in [-0.05, 0) is 46.4 Å². The van der Waals surface area contributed by atoms with E-state index in [1.165, 1.54) is 23.1 Å². The molecule has 1 aromatic rings. The van der Waals surface area contributed by atoms with E-state index in [0.717, 1.165) is 6.42 Å². The van der Waals surface area contributed by atoms with Crippen LogP contribution in [0.5, 0.6) is 0 Å². The molecule has 1 aliphatic rings. The normalized spacial score (nSPS) is 24.2. The summed E-state index contributed by atoms with van der Waals surface area (Å²) in [5.74, 6) is 0. The third-order valence-corrected chi connectivity index (χ3v) is 4.11. The van der Waals surface area contributed by atoms with Gasteiger partial charge in [0.2, 0.25) is 0 Å². The lowest BCUT2D eigenvalue weighted by Crippen LogP contribution is -2.27. The summed E-state index contributed by atoms with van der Waals surface area (Å²) in [7, 11) is 0. The topological polar surface area (TPSA) is 12.9 Å². The number of hydrogen-bond donors (Lipinski definition) is 0. The van der Waals surface area contributed by atoms with Crippen molar-refractivity contribution in [3.63, 3.8) is 0 Å². The molecule has 0 spiro atoms. The van der Waals surface area contributed by atoms with Gasteiger partial charge in [0.25, 0.3) is 0 Å². The molecule has 1 nitrogen and oxygen atoms in total. The van der Waals surface area contributed by atoms with Crippen LogP contribution in [0.25, 0.3) is 5.57 Å². The molecule has 0 fully saturated rings. The van der Waals surface area contributed by atoms with Crippen LogP contribution in [0.2, 0.25) is 0 Å². The SMILES string of the molecule is CCC1(C)CC=C(C(C)(C)C)c2cnccc21. The first-order valence-electron chi connectivity index (χ1n) is 6.54. The predicted molar refractivity (Wildman–Crippen MR) is 73.9 cm³/mol. The molecule has 0 radical (unpaired) electrons. The Hall–Kier alpha value is -1.11. The highest BCUT2D eigenvalue weighted by Crippen LogP contribution is 2.46. The van der Waals surface area contributed by atoms with E-state index >= 15 is 0 Å². The minimum atomic E-state index is 0.201. The van der Waals surface area contributed by atoms with E-state index in [9.17, 15) is 0 Å². The fraction of sp³-hybridized carbons (Fsp3) is 0.562. The molecule has 92 valence electrons. The van der Waals surface area contributed by atoms with E-state index in [1.54, 1.807) is 0 Å². The van der Waals surface area contributed by atoms with Crippen LogP contribution >= 0.6 is 0 Å². The lowest BCUT2D eigenvalue weighted by atomic mass is 9.67. The zero-order chi connectivity index (χ0) is 12.7. The number of nitrogens with zero attached hydrogens (tertiary/aromatic N) is 1. The van der Waals surface area contributed by atoms with Gasteiger partial charge in [0.05, 0.1) is 0 Å². The van der Waals surface area contributed by atoms with Crippen molar-refractivity contribution in [3.8, 4) is 0 Å². The van der Waals surface area contributed by atoms with E-state index < -0.39 is 0 Å². The van der Waals surface area contributed by atoms with Gasteiger partial charge >= 0.3 is 0 Å². The number of allylic oxidation sites excluding steroid dienone is 2. The molecule has 17 heavy (non-hydrogen) atoms. The zero-order valence-corrected chi connectivity index (χ0v) is 11.7. The first-order chi connectivity index (χ1) is 7.88. The predicted octanol–water partition coefficient (Wildman–Crippen LogP) is 4.58. The van der Waals surface area contributed by atoms with Crippen molar-refractivity contribution in [2.45, 2.75) is 52.9 Å². The minimum Gasteiger partial charge on any atom is -0.264 e. The van der Waals surface area contributed by atoms with Gasteiger partial charge in [-0.15, -0.1) is 0 Å². The van der Waals surface area contributed by atoms with Crippen LogP contribution in [0.3, 0.4) is 0 Å². The Morgan fingerprint density at radius 1 is 1.35 bits per heavy atom. The Kier molecular flexibility index (Phi) is 2.89. The second-order valence-electron chi connectivity index (χ2n) is 6.41. The van der Waals surface area contributed by atoms with Gasteiger partial charge in [-0.25, -0.2) is 0 Å². The number of pyridine rings is 1. The molecule has 0 amide bonds. The highest BCUT2D eigenvalue weighted by Gasteiger charge is 2.33. The summed E-state index contributed by atoms with van der Waals surface area (Å²) in [6.07, 6.45) is 8.72. The van der Waals surface area contributed by atoms with Gasteiger partial charge in [-0.1, -0.05) is 40.7 Å². The van der Waals surface area contributed by atoms with Crippen LogP contribution in [-0.4, -0.2) is 4.98 Å². The monoisotopic (exact) mass is 229 g/mol. The summed E-state index contributed by atoms with van der Waals surface area (Å²) in [5, 5.41) is 0. The molecule has 0 N–H and O–H groups in total. The van der Waals surface area contributed by atoms with Crippen LogP contribution in [0.4, 0.5) is 0 Å². The van der Waals surface area contributed by atoms with Gasteiger partial charge in [-0.3, -0.25) is 4.98 Å². The molecule has 0 aliphatic heterocycles. The molecule has 0 bridgehead atoms. The van der Waals surface area contributed by atoms with Crippen LogP contribution < -0.4 is 0 Å². The van der Waals surface area contributed by atoms with Crippen LogP contribution in [-0.2, 0) is 5.41 Å². The number of aromatic nitrogens is 1. The molecule has 1 atom stereocenters. The van der Waals surface area contributed by atoms with Crippen molar-refractivity contribution in [2.75, 3.05) is 0 Å². The zero-order valence-electron chi connectivity index (χ0n) is 11.7. The lowest BCUT2D eigenvalue weighted by Gasteiger charge is -2.38. The maximum atomic E-state index is 4.32. The van der Waals surface area contributed by atoms with E-state index in [4.69, 9.17) is 0 Å². The average Bonchev–Trinajstić information content (AvgIpc) is 2.28. The van der Waals surface area contributed by atoms with E-state index in [-0.39, 0.29) is 10.8 Å². The summed E-state index contributed by atoms with van der Waals surface area (Å²) >= 11 is 0. The van der Waals surface area contributed by atoms with Crippen LogP contribution in [0, 0.1) is 5.41 Å². The third kappa shape index (κ3) is 2.03. The Labute approximate surface area is 105 Å². The molecule has 1 unspecified atom stereocenters. The molecule has 1 aliphatic carbocycles. The van der Waals surface area contributed by atoms with E-state index in [1.807, 2.05) is 12.4 Å². The van der Waals surface area contributed by atoms with Crippen LogP contribution in [0.15, 0.2) is 24.5 Å². The molecule has 1 heteroatoms. The van der Waals surface area contributed by atoms with Crippen molar-refractivity contribution >= 4 is 5.57 Å². The third-order valence-electron chi connectivity index (χ3n) is 4.11. The highest BCUT2D eigenvalue weighted by molar-refractivity contribution is 5.74. The maximum absolute atomic E-state index is 4.32. The molecule has 0 saturated heterocycles. The standard InChI is InChI=1S/C16H23N/c1-6-16(5)9-7-13(15(2,3)4)12-11-17-10-8-14(12)16/h7-8,10-11H,6,9H2,1-5H3. The Bertz CT molecular complexity index is 451. The summed E-state index contributed by atoms with van der Waals surface area (Å²) in [6.45, 7) is 11.5. The molecule has 0 aromatic carbocycles. The fourth-order valence-electron chi connectivity index (χ4n) is 2.73. The van der Waals surface area contributed by atoms with E-state index in [2.05, 4.69) is 51.7 Å². The summed E-state index contributed by atoms with van der Waals surface area (Å²) in [4.78, 5) is 4.32. The lowest BCUT2D eigenvalue weighted by molar-refractivity contribution is 0.445. The van der Waals surface area contributed by atoms with Crippen molar-refractivity contribution in [3.05, 3.63) is 35.7 Å². The molecular formula is C16H23N.